The van der Waals surface area contributed by atoms with Crippen molar-refractivity contribution in [2.75, 3.05) is 0 Å². The fourth-order valence-electron chi connectivity index (χ4n) is 6.36. The quantitative estimate of drug-likeness (QED) is 0.225. The summed E-state index contributed by atoms with van der Waals surface area (Å²) in [5, 5.41) is 6.43. The van der Waals surface area contributed by atoms with Crippen LogP contribution in [0, 0.1) is 0 Å². The summed E-state index contributed by atoms with van der Waals surface area (Å²) >= 11 is 1.90. The summed E-state index contributed by atoms with van der Waals surface area (Å²) in [5.41, 5.74) is 8.18. The van der Waals surface area contributed by atoms with Crippen LogP contribution in [0.2, 0.25) is 0 Å². The number of aromatic nitrogens is 3. The molecule has 39 heavy (non-hydrogen) atoms. The van der Waals surface area contributed by atoms with Gasteiger partial charge in [0, 0.05) is 53.9 Å². The van der Waals surface area contributed by atoms with Crippen LogP contribution in [0.3, 0.4) is 0 Å². The molecule has 0 saturated carbocycles. The molecule has 4 heteroatoms. The highest BCUT2D eigenvalue weighted by Crippen LogP contribution is 2.47. The van der Waals surface area contributed by atoms with Crippen molar-refractivity contribution >= 4 is 75.3 Å². The van der Waals surface area contributed by atoms with Crippen molar-refractivity contribution in [3.8, 4) is 11.4 Å². The van der Waals surface area contributed by atoms with Crippen LogP contribution < -0.4 is 0 Å². The zero-order valence-corrected chi connectivity index (χ0v) is 21.7. The van der Waals surface area contributed by atoms with Crippen molar-refractivity contribution in [1.82, 2.24) is 14.1 Å². The van der Waals surface area contributed by atoms with Gasteiger partial charge in [0.25, 0.3) is 0 Å². The first-order chi connectivity index (χ1) is 19.4. The fraction of sp³-hybridized carbons (Fsp3) is 0. The van der Waals surface area contributed by atoms with Crippen LogP contribution in [0.15, 0.2) is 128 Å². The Kier molecular flexibility index (Phi) is 4.21. The van der Waals surface area contributed by atoms with Crippen molar-refractivity contribution < 1.29 is 0 Å². The first kappa shape index (κ1) is 21.1. The molecule has 0 atom stereocenters. The second-order valence-corrected chi connectivity index (χ2v) is 11.0. The average Bonchev–Trinajstić information content (AvgIpc) is 3.65. The topological polar surface area (TPSA) is 22.8 Å². The van der Waals surface area contributed by atoms with Crippen LogP contribution in [0.1, 0.15) is 0 Å². The van der Waals surface area contributed by atoms with E-state index in [9.17, 15) is 0 Å². The largest absolute Gasteiger partial charge is 0.309 e. The smallest absolute Gasteiger partial charge is 0.0977 e. The van der Waals surface area contributed by atoms with Crippen molar-refractivity contribution in [1.29, 1.82) is 0 Å². The third kappa shape index (κ3) is 2.78. The molecule has 0 bridgehead atoms. The van der Waals surface area contributed by atoms with E-state index >= 15 is 0 Å². The predicted molar refractivity (Wildman–Crippen MR) is 166 cm³/mol. The summed E-state index contributed by atoms with van der Waals surface area (Å²) in [5.74, 6) is 0. The van der Waals surface area contributed by atoms with Crippen molar-refractivity contribution in [3.63, 3.8) is 0 Å². The lowest BCUT2D eigenvalue weighted by molar-refractivity contribution is 1.18. The average molecular weight is 516 g/mol. The molecule has 0 spiro atoms. The molecule has 0 aliphatic carbocycles. The highest BCUT2D eigenvalue weighted by atomic mass is 32.1. The van der Waals surface area contributed by atoms with Gasteiger partial charge in [-0.15, -0.1) is 11.3 Å². The summed E-state index contributed by atoms with van der Waals surface area (Å²) in [4.78, 5) is 4.91. The van der Waals surface area contributed by atoms with E-state index in [1.807, 2.05) is 23.6 Å². The number of thiophene rings is 1. The molecule has 0 amide bonds. The molecular formula is C35H21N3S. The van der Waals surface area contributed by atoms with Gasteiger partial charge in [0.05, 0.1) is 27.6 Å². The van der Waals surface area contributed by atoms with E-state index < -0.39 is 0 Å². The molecular weight excluding hydrogens is 494 g/mol. The molecule has 182 valence electrons. The minimum Gasteiger partial charge on any atom is -0.309 e. The standard InChI is InChI=1S/C35H21N3S/c1-3-10-22(11-4-1)37-27-15-8-7-14-26(27)31-28(37)19-17-24-25-18-20-29-32(35(25)39-34(24)31)33-30(16-9-21-36-33)38(29)23-12-5-2-6-13-23/h1-21H. The van der Waals surface area contributed by atoms with E-state index in [4.69, 9.17) is 4.98 Å². The van der Waals surface area contributed by atoms with Gasteiger partial charge in [-0.2, -0.15) is 0 Å². The summed E-state index contributed by atoms with van der Waals surface area (Å²) in [6.07, 6.45) is 1.91. The lowest BCUT2D eigenvalue weighted by Crippen LogP contribution is -1.92. The number of nitrogens with zero attached hydrogens (tertiary/aromatic N) is 3. The monoisotopic (exact) mass is 515 g/mol. The molecule has 9 aromatic rings. The molecule has 9 rings (SSSR count). The maximum atomic E-state index is 4.91. The van der Waals surface area contributed by atoms with E-state index in [1.54, 1.807) is 0 Å². The Labute approximate surface area is 227 Å². The van der Waals surface area contributed by atoms with Gasteiger partial charge in [0.1, 0.15) is 0 Å². The van der Waals surface area contributed by atoms with Gasteiger partial charge in [-0.1, -0.05) is 66.7 Å². The van der Waals surface area contributed by atoms with E-state index in [-0.39, 0.29) is 0 Å². The van der Waals surface area contributed by atoms with Crippen molar-refractivity contribution in [2.24, 2.45) is 0 Å². The Balaban J connectivity index is 1.47. The summed E-state index contributed by atoms with van der Waals surface area (Å²) in [7, 11) is 0. The molecule has 4 heterocycles. The van der Waals surface area contributed by atoms with Gasteiger partial charge in [-0.05, 0) is 54.6 Å². The molecule has 4 aromatic heterocycles. The highest BCUT2D eigenvalue weighted by Gasteiger charge is 2.21. The van der Waals surface area contributed by atoms with Gasteiger partial charge in [-0.25, -0.2) is 0 Å². The normalized spacial score (nSPS) is 12.1. The predicted octanol–water partition coefficient (Wildman–Crippen LogP) is 9.64. The lowest BCUT2D eigenvalue weighted by Gasteiger charge is -2.07. The number of fused-ring (bicyclic) bond motifs is 11. The Hall–Kier alpha value is -4.93. The summed E-state index contributed by atoms with van der Waals surface area (Å²) in [6.45, 7) is 0. The Morgan fingerprint density at radius 3 is 1.72 bits per heavy atom. The second kappa shape index (κ2) is 7.79. The maximum Gasteiger partial charge on any atom is 0.0977 e. The zero-order chi connectivity index (χ0) is 25.5. The van der Waals surface area contributed by atoms with E-state index in [0.29, 0.717) is 0 Å². The number of rotatable bonds is 2. The number of hydrogen-bond acceptors (Lipinski definition) is 2. The van der Waals surface area contributed by atoms with E-state index in [1.165, 1.54) is 58.6 Å². The minimum atomic E-state index is 1.05. The van der Waals surface area contributed by atoms with E-state index in [0.717, 1.165) is 16.7 Å². The molecule has 0 fully saturated rings. The zero-order valence-electron chi connectivity index (χ0n) is 20.9. The molecule has 5 aromatic carbocycles. The minimum absolute atomic E-state index is 1.05. The fourth-order valence-corrected chi connectivity index (χ4v) is 7.76. The third-order valence-corrected chi connectivity index (χ3v) is 9.21. The van der Waals surface area contributed by atoms with Crippen LogP contribution in [-0.4, -0.2) is 14.1 Å². The molecule has 0 unspecified atom stereocenters. The molecule has 0 radical (unpaired) electrons. The summed E-state index contributed by atoms with van der Waals surface area (Å²) < 4.78 is 7.37. The number of hydrogen-bond donors (Lipinski definition) is 0. The number of para-hydroxylation sites is 3. The second-order valence-electron chi connectivity index (χ2n) is 10.0. The van der Waals surface area contributed by atoms with Gasteiger partial charge in [0.15, 0.2) is 0 Å². The molecule has 3 nitrogen and oxygen atoms in total. The van der Waals surface area contributed by atoms with E-state index in [2.05, 4.69) is 124 Å². The van der Waals surface area contributed by atoms with Gasteiger partial charge in [-0.3, -0.25) is 4.98 Å². The number of pyridine rings is 1. The first-order valence-electron chi connectivity index (χ1n) is 13.2. The van der Waals surface area contributed by atoms with Gasteiger partial charge < -0.3 is 9.13 Å². The van der Waals surface area contributed by atoms with Crippen LogP contribution in [-0.2, 0) is 0 Å². The van der Waals surface area contributed by atoms with Crippen molar-refractivity contribution in [2.45, 2.75) is 0 Å². The number of benzene rings is 5. The lowest BCUT2D eigenvalue weighted by atomic mass is 10.1. The third-order valence-electron chi connectivity index (χ3n) is 7.95. The Morgan fingerprint density at radius 2 is 1.00 bits per heavy atom. The van der Waals surface area contributed by atoms with Crippen LogP contribution in [0.4, 0.5) is 0 Å². The summed E-state index contributed by atoms with van der Waals surface area (Å²) in [6, 6.07) is 43.5. The van der Waals surface area contributed by atoms with Crippen molar-refractivity contribution in [3.05, 3.63) is 128 Å². The van der Waals surface area contributed by atoms with Gasteiger partial charge >= 0.3 is 0 Å². The highest BCUT2D eigenvalue weighted by molar-refractivity contribution is 7.27. The van der Waals surface area contributed by atoms with Crippen LogP contribution in [0.25, 0.3) is 75.3 Å². The Bertz CT molecular complexity index is 2210. The molecule has 0 aliphatic heterocycles. The van der Waals surface area contributed by atoms with Crippen LogP contribution >= 0.6 is 11.3 Å². The Morgan fingerprint density at radius 1 is 0.436 bits per heavy atom. The SMILES string of the molecule is c1ccc(-n2c3ccccc3c3c4sc5c(ccc6c5c5ncccc5n6-c5ccccc5)c4ccc32)cc1. The van der Waals surface area contributed by atoms with Gasteiger partial charge in [0.2, 0.25) is 0 Å². The maximum absolute atomic E-state index is 4.91. The van der Waals surface area contributed by atoms with Crippen LogP contribution in [0.5, 0.6) is 0 Å². The molecule has 0 saturated heterocycles. The molecule has 0 N–H and O–H groups in total. The molecule has 0 aliphatic rings. The first-order valence-corrected chi connectivity index (χ1v) is 14.0.